The van der Waals surface area contributed by atoms with Gasteiger partial charge in [-0.25, -0.2) is 0 Å². The molecule has 1 aromatic carbocycles. The predicted molar refractivity (Wildman–Crippen MR) is 105 cm³/mol. The summed E-state index contributed by atoms with van der Waals surface area (Å²) in [6.45, 7) is 7.50. The van der Waals surface area contributed by atoms with Crippen LogP contribution in [0.5, 0.6) is 0 Å². The van der Waals surface area contributed by atoms with Crippen molar-refractivity contribution in [3.8, 4) is 0 Å². The lowest BCUT2D eigenvalue weighted by Crippen LogP contribution is -2.46. The molecule has 1 N–H and O–H groups in total. The predicted octanol–water partition coefficient (Wildman–Crippen LogP) is 3.52. The van der Waals surface area contributed by atoms with E-state index in [1.54, 1.807) is 0 Å². The highest BCUT2D eigenvalue weighted by Gasteiger charge is 2.35. The molecule has 0 amide bonds. The van der Waals surface area contributed by atoms with Crippen molar-refractivity contribution >= 4 is 5.97 Å². The van der Waals surface area contributed by atoms with E-state index in [0.717, 1.165) is 48.9 Å². The molecule has 0 heterocycles. The molecule has 0 bridgehead atoms. The van der Waals surface area contributed by atoms with Gasteiger partial charge in [-0.1, -0.05) is 42.5 Å². The summed E-state index contributed by atoms with van der Waals surface area (Å²) in [7, 11) is 2.17. The SMILES string of the molecule is CC[N+](C)(CC)CCOC(=O)C(c1ccccc1)C(O)C1CC=CCC1. The van der Waals surface area contributed by atoms with Crippen LogP contribution in [0.15, 0.2) is 42.5 Å². The first kappa shape index (κ1) is 20.7. The highest BCUT2D eigenvalue weighted by atomic mass is 16.5. The highest BCUT2D eigenvalue weighted by Crippen LogP contribution is 2.32. The number of rotatable bonds is 9. The van der Waals surface area contributed by atoms with Gasteiger partial charge in [-0.3, -0.25) is 4.79 Å². The Balaban J connectivity index is 2.08. The molecule has 0 spiro atoms. The number of benzene rings is 1. The average molecular weight is 361 g/mol. The zero-order valence-corrected chi connectivity index (χ0v) is 16.4. The molecular formula is C22H34NO3+. The fourth-order valence-electron chi connectivity index (χ4n) is 3.53. The Hall–Kier alpha value is -1.65. The standard InChI is InChI=1S/C22H34NO3/c1-4-23(3,5-2)16-17-26-22(25)20(18-12-8-6-9-13-18)21(24)19-14-10-7-11-15-19/h6-10,12-13,19-21,24H,4-5,11,14-17H2,1-3H3/q+1. The molecular weight excluding hydrogens is 326 g/mol. The summed E-state index contributed by atoms with van der Waals surface area (Å²) in [4.78, 5) is 12.9. The minimum Gasteiger partial charge on any atom is -0.459 e. The average Bonchev–Trinajstić information content (AvgIpc) is 2.69. The summed E-state index contributed by atoms with van der Waals surface area (Å²) in [6.07, 6.45) is 6.23. The molecule has 0 radical (unpaired) electrons. The second-order valence-corrected chi connectivity index (χ2v) is 7.57. The van der Waals surface area contributed by atoms with Gasteiger partial charge in [0.1, 0.15) is 19.1 Å². The molecule has 0 saturated heterocycles. The topological polar surface area (TPSA) is 46.5 Å². The molecule has 1 aliphatic carbocycles. The largest absolute Gasteiger partial charge is 0.459 e. The first-order valence-corrected chi connectivity index (χ1v) is 9.89. The molecule has 26 heavy (non-hydrogen) atoms. The summed E-state index contributed by atoms with van der Waals surface area (Å²) in [6, 6.07) is 9.56. The van der Waals surface area contributed by atoms with Crippen molar-refractivity contribution in [2.75, 3.05) is 33.3 Å². The van der Waals surface area contributed by atoms with Crippen LogP contribution in [0, 0.1) is 5.92 Å². The Bertz CT molecular complexity index is 580. The number of aliphatic hydroxyl groups is 1. The van der Waals surface area contributed by atoms with Crippen molar-refractivity contribution in [3.05, 3.63) is 48.0 Å². The number of carbonyl (C=O) groups excluding carboxylic acids is 1. The van der Waals surface area contributed by atoms with Crippen molar-refractivity contribution in [3.63, 3.8) is 0 Å². The molecule has 3 atom stereocenters. The van der Waals surface area contributed by atoms with Gasteiger partial charge in [0, 0.05) is 0 Å². The van der Waals surface area contributed by atoms with Crippen LogP contribution in [0.4, 0.5) is 0 Å². The fourth-order valence-corrected chi connectivity index (χ4v) is 3.53. The Kier molecular flexibility index (Phi) is 7.85. The molecule has 144 valence electrons. The molecule has 0 aliphatic heterocycles. The quantitative estimate of drug-likeness (QED) is 0.416. The Labute approximate surface area is 158 Å². The molecule has 2 rings (SSSR count). The van der Waals surface area contributed by atoms with E-state index in [1.165, 1.54) is 0 Å². The zero-order valence-electron chi connectivity index (χ0n) is 16.4. The van der Waals surface area contributed by atoms with Crippen LogP contribution in [0.3, 0.4) is 0 Å². The summed E-state index contributed by atoms with van der Waals surface area (Å²) in [5.74, 6) is -0.822. The third-order valence-corrected chi connectivity index (χ3v) is 5.95. The number of carbonyl (C=O) groups is 1. The Morgan fingerprint density at radius 3 is 2.50 bits per heavy atom. The molecule has 0 fully saturated rings. The van der Waals surface area contributed by atoms with E-state index in [4.69, 9.17) is 4.74 Å². The van der Waals surface area contributed by atoms with E-state index >= 15 is 0 Å². The number of likely N-dealkylation sites (N-methyl/N-ethyl adjacent to an activating group) is 1. The van der Waals surface area contributed by atoms with Crippen LogP contribution in [0.25, 0.3) is 0 Å². The second kappa shape index (κ2) is 9.89. The summed E-state index contributed by atoms with van der Waals surface area (Å²) < 4.78 is 6.51. The van der Waals surface area contributed by atoms with Gasteiger partial charge in [0.05, 0.1) is 26.2 Å². The lowest BCUT2D eigenvalue weighted by Gasteiger charge is -2.33. The maximum Gasteiger partial charge on any atom is 0.316 e. The molecule has 3 unspecified atom stereocenters. The number of esters is 1. The van der Waals surface area contributed by atoms with Gasteiger partial charge in [0.15, 0.2) is 0 Å². The van der Waals surface area contributed by atoms with Crippen LogP contribution in [0.1, 0.15) is 44.6 Å². The van der Waals surface area contributed by atoms with Crippen molar-refractivity contribution < 1.29 is 19.1 Å². The van der Waals surface area contributed by atoms with E-state index in [1.807, 2.05) is 30.3 Å². The van der Waals surface area contributed by atoms with Gasteiger partial charge in [-0.05, 0) is 44.6 Å². The minimum absolute atomic E-state index is 0.102. The molecule has 0 aromatic heterocycles. The van der Waals surface area contributed by atoms with E-state index in [0.29, 0.717) is 6.61 Å². The number of ether oxygens (including phenoxy) is 1. The number of nitrogens with zero attached hydrogens (tertiary/aromatic N) is 1. The first-order chi connectivity index (χ1) is 12.5. The van der Waals surface area contributed by atoms with Gasteiger partial charge in [0.2, 0.25) is 0 Å². The number of aliphatic hydroxyl groups excluding tert-OH is 1. The Morgan fingerprint density at radius 1 is 1.23 bits per heavy atom. The van der Waals surface area contributed by atoms with Crippen LogP contribution < -0.4 is 0 Å². The number of hydrogen-bond acceptors (Lipinski definition) is 3. The monoisotopic (exact) mass is 360 g/mol. The third-order valence-electron chi connectivity index (χ3n) is 5.95. The van der Waals surface area contributed by atoms with Crippen LogP contribution in [-0.2, 0) is 9.53 Å². The van der Waals surface area contributed by atoms with Crippen molar-refractivity contribution in [2.24, 2.45) is 5.92 Å². The molecule has 4 heteroatoms. The normalized spacial score (nSPS) is 19.8. The van der Waals surface area contributed by atoms with Crippen molar-refractivity contribution in [2.45, 2.75) is 45.1 Å². The van der Waals surface area contributed by atoms with Gasteiger partial charge in [-0.2, -0.15) is 0 Å². The van der Waals surface area contributed by atoms with E-state index in [-0.39, 0.29) is 11.9 Å². The summed E-state index contributed by atoms with van der Waals surface area (Å²) >= 11 is 0. The minimum atomic E-state index is -0.715. The van der Waals surface area contributed by atoms with Crippen molar-refractivity contribution in [1.29, 1.82) is 0 Å². The van der Waals surface area contributed by atoms with Crippen LogP contribution >= 0.6 is 0 Å². The summed E-state index contributed by atoms with van der Waals surface area (Å²) in [5, 5.41) is 11.0. The van der Waals surface area contributed by atoms with Gasteiger partial charge >= 0.3 is 5.97 Å². The van der Waals surface area contributed by atoms with Gasteiger partial charge in [-0.15, -0.1) is 0 Å². The molecule has 4 nitrogen and oxygen atoms in total. The van der Waals surface area contributed by atoms with E-state index in [2.05, 4.69) is 33.0 Å². The number of hydrogen-bond donors (Lipinski definition) is 1. The summed E-state index contributed by atoms with van der Waals surface area (Å²) in [5.41, 5.74) is 0.836. The van der Waals surface area contributed by atoms with Crippen LogP contribution in [-0.4, -0.2) is 55.0 Å². The van der Waals surface area contributed by atoms with E-state index < -0.39 is 12.0 Å². The smallest absolute Gasteiger partial charge is 0.316 e. The fraction of sp³-hybridized carbons (Fsp3) is 0.591. The maximum atomic E-state index is 12.9. The van der Waals surface area contributed by atoms with Crippen molar-refractivity contribution in [1.82, 2.24) is 0 Å². The van der Waals surface area contributed by atoms with Gasteiger partial charge in [0.25, 0.3) is 0 Å². The number of quaternary nitrogens is 1. The second-order valence-electron chi connectivity index (χ2n) is 7.57. The van der Waals surface area contributed by atoms with Crippen LogP contribution in [0.2, 0.25) is 0 Å². The number of allylic oxidation sites excluding steroid dienone is 2. The maximum absolute atomic E-state index is 12.9. The van der Waals surface area contributed by atoms with E-state index in [9.17, 15) is 9.90 Å². The lowest BCUT2D eigenvalue weighted by atomic mass is 9.80. The third kappa shape index (κ3) is 5.42. The zero-order chi connectivity index (χ0) is 19.0. The Morgan fingerprint density at radius 2 is 1.92 bits per heavy atom. The first-order valence-electron chi connectivity index (χ1n) is 9.89. The molecule has 1 aromatic rings. The lowest BCUT2D eigenvalue weighted by molar-refractivity contribution is -0.906. The molecule has 1 aliphatic rings. The molecule has 0 saturated carbocycles. The van der Waals surface area contributed by atoms with Gasteiger partial charge < -0.3 is 14.3 Å². The highest BCUT2D eigenvalue weighted by molar-refractivity contribution is 5.79.